The second-order valence-corrected chi connectivity index (χ2v) is 5.30. The van der Waals surface area contributed by atoms with Gasteiger partial charge in [0.2, 0.25) is 0 Å². The van der Waals surface area contributed by atoms with Crippen LogP contribution in [0.5, 0.6) is 0 Å². The van der Waals surface area contributed by atoms with Gasteiger partial charge >= 0.3 is 0 Å². The Labute approximate surface area is 119 Å². The largest absolute Gasteiger partial charge is 0.347 e. The van der Waals surface area contributed by atoms with E-state index in [2.05, 4.69) is 52.1 Å². The quantitative estimate of drug-likeness (QED) is 0.788. The molecule has 3 aromatic rings. The number of fused-ring (bicyclic) bond motifs is 1. The standard InChI is InChI=1S/C17H19N3/c1-13(18)11-16-8-4-10-20(16)12-15-6-2-5-14-7-3-9-19-17(14)15/h2-10,13H,11-12,18H2,1H3. The minimum absolute atomic E-state index is 0.175. The lowest BCUT2D eigenvalue weighted by molar-refractivity contribution is 0.667. The van der Waals surface area contributed by atoms with Crippen LogP contribution < -0.4 is 5.73 Å². The number of hydrogen-bond donors (Lipinski definition) is 1. The van der Waals surface area contributed by atoms with Crippen molar-refractivity contribution in [3.8, 4) is 0 Å². The summed E-state index contributed by atoms with van der Waals surface area (Å²) in [5.41, 5.74) is 9.50. The Morgan fingerprint density at radius 3 is 2.85 bits per heavy atom. The fraction of sp³-hybridized carbons (Fsp3) is 0.235. The van der Waals surface area contributed by atoms with Crippen molar-refractivity contribution in [2.24, 2.45) is 5.73 Å². The van der Waals surface area contributed by atoms with Crippen molar-refractivity contribution < 1.29 is 0 Å². The van der Waals surface area contributed by atoms with E-state index >= 15 is 0 Å². The highest BCUT2D eigenvalue weighted by Gasteiger charge is 2.07. The smallest absolute Gasteiger partial charge is 0.0751 e. The molecule has 2 aromatic heterocycles. The maximum Gasteiger partial charge on any atom is 0.0751 e. The molecule has 3 rings (SSSR count). The molecule has 20 heavy (non-hydrogen) atoms. The number of aromatic nitrogens is 2. The van der Waals surface area contributed by atoms with Crippen LogP contribution in [0, 0.1) is 0 Å². The van der Waals surface area contributed by atoms with Gasteiger partial charge in [0, 0.05) is 42.5 Å². The van der Waals surface area contributed by atoms with E-state index in [1.807, 2.05) is 19.2 Å². The topological polar surface area (TPSA) is 43.8 Å². The number of benzene rings is 1. The predicted octanol–water partition coefficient (Wildman–Crippen LogP) is 2.97. The van der Waals surface area contributed by atoms with E-state index in [9.17, 15) is 0 Å². The summed E-state index contributed by atoms with van der Waals surface area (Å²) in [7, 11) is 0. The molecule has 102 valence electrons. The van der Waals surface area contributed by atoms with E-state index < -0.39 is 0 Å². The zero-order chi connectivity index (χ0) is 13.9. The zero-order valence-electron chi connectivity index (χ0n) is 11.7. The first-order valence-corrected chi connectivity index (χ1v) is 6.96. The average Bonchev–Trinajstić information content (AvgIpc) is 2.86. The van der Waals surface area contributed by atoms with Crippen molar-refractivity contribution >= 4 is 10.9 Å². The van der Waals surface area contributed by atoms with Gasteiger partial charge in [0.1, 0.15) is 0 Å². The molecule has 1 atom stereocenters. The van der Waals surface area contributed by atoms with Crippen LogP contribution in [-0.4, -0.2) is 15.6 Å². The van der Waals surface area contributed by atoms with Crippen LogP contribution in [0.1, 0.15) is 18.2 Å². The van der Waals surface area contributed by atoms with Crippen LogP contribution in [-0.2, 0) is 13.0 Å². The van der Waals surface area contributed by atoms with Gasteiger partial charge in [-0.25, -0.2) is 0 Å². The summed E-state index contributed by atoms with van der Waals surface area (Å²) in [5.74, 6) is 0. The lowest BCUT2D eigenvalue weighted by atomic mass is 10.1. The Kier molecular flexibility index (Phi) is 3.52. The van der Waals surface area contributed by atoms with Gasteiger partial charge < -0.3 is 10.3 Å². The summed E-state index contributed by atoms with van der Waals surface area (Å²) in [4.78, 5) is 4.51. The van der Waals surface area contributed by atoms with E-state index in [0.29, 0.717) is 0 Å². The van der Waals surface area contributed by atoms with Crippen molar-refractivity contribution in [2.45, 2.75) is 25.9 Å². The van der Waals surface area contributed by atoms with Crippen molar-refractivity contribution in [1.29, 1.82) is 0 Å². The SMILES string of the molecule is CC(N)Cc1cccn1Cc1cccc2cccnc12. The Morgan fingerprint density at radius 1 is 1.15 bits per heavy atom. The molecule has 0 aliphatic heterocycles. The third-order valence-corrected chi connectivity index (χ3v) is 3.51. The number of para-hydroxylation sites is 1. The van der Waals surface area contributed by atoms with Gasteiger partial charge in [-0.3, -0.25) is 4.98 Å². The van der Waals surface area contributed by atoms with Gasteiger partial charge in [-0.1, -0.05) is 24.3 Å². The van der Waals surface area contributed by atoms with E-state index in [4.69, 9.17) is 5.73 Å². The first kappa shape index (κ1) is 12.9. The molecule has 0 fully saturated rings. The Balaban J connectivity index is 1.96. The lowest BCUT2D eigenvalue weighted by Gasteiger charge is -2.12. The number of nitrogens with two attached hydrogens (primary N) is 1. The highest BCUT2D eigenvalue weighted by molar-refractivity contribution is 5.81. The van der Waals surface area contributed by atoms with Crippen molar-refractivity contribution in [3.63, 3.8) is 0 Å². The molecule has 0 aliphatic rings. The summed E-state index contributed by atoms with van der Waals surface area (Å²) in [5, 5.41) is 1.19. The van der Waals surface area contributed by atoms with Gasteiger partial charge in [-0.2, -0.15) is 0 Å². The molecule has 2 heterocycles. The summed E-state index contributed by atoms with van der Waals surface area (Å²) < 4.78 is 2.26. The van der Waals surface area contributed by atoms with Crippen LogP contribution >= 0.6 is 0 Å². The molecular formula is C17H19N3. The molecule has 1 unspecified atom stereocenters. The molecule has 3 heteroatoms. The van der Waals surface area contributed by atoms with Gasteiger partial charge in [0.05, 0.1) is 5.52 Å². The third-order valence-electron chi connectivity index (χ3n) is 3.51. The predicted molar refractivity (Wildman–Crippen MR) is 82.6 cm³/mol. The van der Waals surface area contributed by atoms with Gasteiger partial charge in [0.25, 0.3) is 0 Å². The highest BCUT2D eigenvalue weighted by atomic mass is 15.0. The maximum atomic E-state index is 5.91. The molecule has 1 aromatic carbocycles. The lowest BCUT2D eigenvalue weighted by Crippen LogP contribution is -2.20. The van der Waals surface area contributed by atoms with Gasteiger partial charge in [0.15, 0.2) is 0 Å². The van der Waals surface area contributed by atoms with Crippen molar-refractivity contribution in [3.05, 3.63) is 66.1 Å². The highest BCUT2D eigenvalue weighted by Crippen LogP contribution is 2.18. The summed E-state index contributed by atoms with van der Waals surface area (Å²) in [6.07, 6.45) is 4.86. The van der Waals surface area contributed by atoms with E-state index in [0.717, 1.165) is 18.5 Å². The van der Waals surface area contributed by atoms with Crippen LogP contribution in [0.25, 0.3) is 10.9 Å². The molecule has 0 radical (unpaired) electrons. The number of hydrogen-bond acceptors (Lipinski definition) is 2. The minimum Gasteiger partial charge on any atom is -0.347 e. The van der Waals surface area contributed by atoms with Gasteiger partial charge in [-0.05, 0) is 30.7 Å². The molecule has 0 saturated heterocycles. The van der Waals surface area contributed by atoms with Crippen LogP contribution in [0.2, 0.25) is 0 Å². The van der Waals surface area contributed by atoms with Crippen LogP contribution in [0.3, 0.4) is 0 Å². The normalized spacial score (nSPS) is 12.7. The second kappa shape index (κ2) is 5.47. The number of pyridine rings is 1. The molecule has 0 bridgehead atoms. The van der Waals surface area contributed by atoms with E-state index in [-0.39, 0.29) is 6.04 Å². The molecule has 2 N–H and O–H groups in total. The van der Waals surface area contributed by atoms with Crippen molar-refractivity contribution in [1.82, 2.24) is 9.55 Å². The second-order valence-electron chi connectivity index (χ2n) is 5.30. The van der Waals surface area contributed by atoms with Crippen LogP contribution in [0.4, 0.5) is 0 Å². The monoisotopic (exact) mass is 265 g/mol. The Hall–Kier alpha value is -2.13. The molecule has 0 spiro atoms. The maximum absolute atomic E-state index is 5.91. The summed E-state index contributed by atoms with van der Waals surface area (Å²) in [6, 6.07) is 14.8. The number of rotatable bonds is 4. The Morgan fingerprint density at radius 2 is 2.00 bits per heavy atom. The van der Waals surface area contributed by atoms with E-state index in [1.165, 1.54) is 16.6 Å². The fourth-order valence-electron chi connectivity index (χ4n) is 2.60. The third kappa shape index (κ3) is 2.58. The summed E-state index contributed by atoms with van der Waals surface area (Å²) in [6.45, 7) is 2.88. The molecule has 0 amide bonds. The average molecular weight is 265 g/mol. The van der Waals surface area contributed by atoms with Crippen molar-refractivity contribution in [2.75, 3.05) is 0 Å². The van der Waals surface area contributed by atoms with E-state index in [1.54, 1.807) is 0 Å². The first-order valence-electron chi connectivity index (χ1n) is 6.96. The Bertz CT molecular complexity index is 708. The molecule has 0 saturated carbocycles. The fourth-order valence-corrected chi connectivity index (χ4v) is 2.60. The zero-order valence-corrected chi connectivity index (χ0v) is 11.7. The van der Waals surface area contributed by atoms with Crippen LogP contribution in [0.15, 0.2) is 54.9 Å². The molecular weight excluding hydrogens is 246 g/mol. The molecule has 3 nitrogen and oxygen atoms in total. The van der Waals surface area contributed by atoms with Gasteiger partial charge in [-0.15, -0.1) is 0 Å². The first-order chi connectivity index (χ1) is 9.74. The minimum atomic E-state index is 0.175. The number of nitrogens with zero attached hydrogens (tertiary/aromatic N) is 2. The summed E-state index contributed by atoms with van der Waals surface area (Å²) >= 11 is 0. The molecule has 0 aliphatic carbocycles.